The summed E-state index contributed by atoms with van der Waals surface area (Å²) in [6.45, 7) is 0.117. The van der Waals surface area contributed by atoms with Crippen molar-refractivity contribution < 1.29 is 23.1 Å². The Morgan fingerprint density at radius 1 is 1.27 bits per heavy atom. The van der Waals surface area contributed by atoms with Crippen molar-refractivity contribution in [3.8, 4) is 5.75 Å². The maximum Gasteiger partial charge on any atom is 0.257 e. The highest BCUT2D eigenvalue weighted by molar-refractivity contribution is 7.89. The quantitative estimate of drug-likeness (QED) is 0.544. The van der Waals surface area contributed by atoms with Gasteiger partial charge in [0, 0.05) is 19.2 Å². The van der Waals surface area contributed by atoms with Crippen molar-refractivity contribution in [1.82, 2.24) is 10.0 Å². The monoisotopic (exact) mass is 404 g/mol. The lowest BCUT2D eigenvalue weighted by molar-refractivity contribution is -0.123. The molecule has 0 atom stereocenters. The van der Waals surface area contributed by atoms with E-state index in [0.717, 1.165) is 32.1 Å². The molecule has 146 valence electrons. The molecule has 9 heteroatoms. The lowest BCUT2D eigenvalue weighted by atomic mass is 9.96. The average Bonchev–Trinajstić information content (AvgIpc) is 2.61. The van der Waals surface area contributed by atoms with Crippen molar-refractivity contribution in [3.63, 3.8) is 0 Å². The summed E-state index contributed by atoms with van der Waals surface area (Å²) in [5, 5.41) is 11.4. The molecule has 1 aliphatic rings. The molecule has 1 saturated carbocycles. The van der Waals surface area contributed by atoms with Crippen LogP contribution in [0.25, 0.3) is 0 Å². The van der Waals surface area contributed by atoms with Crippen LogP contribution in [0.2, 0.25) is 5.02 Å². The first-order valence-corrected chi connectivity index (χ1v) is 10.6. The molecule has 3 N–H and O–H groups in total. The van der Waals surface area contributed by atoms with Crippen LogP contribution in [0.3, 0.4) is 0 Å². The zero-order valence-electron chi connectivity index (χ0n) is 14.5. The summed E-state index contributed by atoms with van der Waals surface area (Å²) in [5.41, 5.74) is 0. The third kappa shape index (κ3) is 6.42. The van der Waals surface area contributed by atoms with Crippen molar-refractivity contribution in [1.29, 1.82) is 0 Å². The highest BCUT2D eigenvalue weighted by Gasteiger charge is 2.22. The van der Waals surface area contributed by atoms with Gasteiger partial charge in [-0.15, -0.1) is 0 Å². The van der Waals surface area contributed by atoms with Crippen LogP contribution in [0.15, 0.2) is 23.1 Å². The highest BCUT2D eigenvalue weighted by atomic mass is 35.5. The number of nitrogens with one attached hydrogen (secondary N) is 2. The van der Waals surface area contributed by atoms with Crippen LogP contribution in [-0.4, -0.2) is 45.2 Å². The molecular weight excluding hydrogens is 380 g/mol. The smallest absolute Gasteiger partial charge is 0.257 e. The van der Waals surface area contributed by atoms with Gasteiger partial charge in [0.05, 0.1) is 9.92 Å². The molecule has 0 heterocycles. The lowest BCUT2D eigenvalue weighted by Crippen LogP contribution is -2.36. The van der Waals surface area contributed by atoms with E-state index < -0.39 is 10.0 Å². The number of halogens is 1. The number of hydrogen-bond acceptors (Lipinski definition) is 5. The number of carbonyl (C=O) groups is 1. The average molecular weight is 405 g/mol. The minimum Gasteiger partial charge on any atom is -0.482 e. The Morgan fingerprint density at radius 2 is 2.00 bits per heavy atom. The number of rotatable bonds is 9. The number of amides is 1. The van der Waals surface area contributed by atoms with Gasteiger partial charge in [-0.25, -0.2) is 13.1 Å². The summed E-state index contributed by atoms with van der Waals surface area (Å²) >= 11 is 6.11. The second kappa shape index (κ2) is 10.1. The normalized spacial score (nSPS) is 15.6. The van der Waals surface area contributed by atoms with Gasteiger partial charge in [0.25, 0.3) is 5.91 Å². The Kier molecular flexibility index (Phi) is 8.15. The fourth-order valence-corrected chi connectivity index (χ4v) is 4.41. The molecule has 1 aromatic rings. The summed E-state index contributed by atoms with van der Waals surface area (Å²) in [5.74, 6) is -0.106. The highest BCUT2D eigenvalue weighted by Crippen LogP contribution is 2.28. The maximum absolute atomic E-state index is 12.5. The van der Waals surface area contributed by atoms with Crippen LogP contribution < -0.4 is 14.8 Å². The van der Waals surface area contributed by atoms with Crippen molar-refractivity contribution in [3.05, 3.63) is 23.2 Å². The summed E-state index contributed by atoms with van der Waals surface area (Å²) < 4.78 is 33.0. The molecule has 0 aliphatic heterocycles. The van der Waals surface area contributed by atoms with Crippen LogP contribution in [-0.2, 0) is 14.8 Å². The Balaban J connectivity index is 1.94. The molecule has 0 bridgehead atoms. The number of hydrogen-bond donors (Lipinski definition) is 3. The van der Waals surface area contributed by atoms with E-state index in [2.05, 4.69) is 10.0 Å². The first-order chi connectivity index (χ1) is 12.4. The first-order valence-electron chi connectivity index (χ1n) is 8.74. The Morgan fingerprint density at radius 3 is 2.65 bits per heavy atom. The maximum atomic E-state index is 12.5. The predicted molar refractivity (Wildman–Crippen MR) is 98.9 cm³/mol. The second-order valence-corrected chi connectivity index (χ2v) is 8.39. The zero-order valence-corrected chi connectivity index (χ0v) is 16.1. The van der Waals surface area contributed by atoms with Crippen molar-refractivity contribution in [2.24, 2.45) is 0 Å². The molecule has 1 fully saturated rings. The van der Waals surface area contributed by atoms with Gasteiger partial charge < -0.3 is 15.2 Å². The number of benzene rings is 1. The second-order valence-electron chi connectivity index (χ2n) is 6.26. The minimum atomic E-state index is -3.64. The van der Waals surface area contributed by atoms with E-state index in [1.165, 1.54) is 18.2 Å². The fraction of sp³-hybridized carbons (Fsp3) is 0.588. The van der Waals surface area contributed by atoms with Crippen LogP contribution in [0, 0.1) is 0 Å². The molecule has 1 amide bonds. The van der Waals surface area contributed by atoms with Gasteiger partial charge in [0.15, 0.2) is 6.61 Å². The van der Waals surface area contributed by atoms with Crippen LogP contribution in [0.4, 0.5) is 0 Å². The number of ether oxygens (including phenoxy) is 1. The van der Waals surface area contributed by atoms with E-state index in [1.807, 2.05) is 0 Å². The van der Waals surface area contributed by atoms with Crippen molar-refractivity contribution in [2.45, 2.75) is 49.5 Å². The fourth-order valence-electron chi connectivity index (χ4n) is 2.77. The van der Waals surface area contributed by atoms with E-state index in [-0.39, 0.29) is 40.8 Å². The standard InChI is InChI=1S/C17H25ClN2O5S/c18-15-11-14(26(23,24)20-13-5-2-1-3-6-13)7-8-16(15)25-12-17(22)19-9-4-10-21/h7-8,11,13,20-21H,1-6,9-10,12H2,(H,19,22). The third-order valence-corrected chi connectivity index (χ3v) is 5.97. The molecule has 0 spiro atoms. The minimum absolute atomic E-state index is 0.00219. The summed E-state index contributed by atoms with van der Waals surface area (Å²) in [7, 11) is -3.64. The van der Waals surface area contributed by atoms with Gasteiger partial charge in [-0.3, -0.25) is 4.79 Å². The number of sulfonamides is 1. The van der Waals surface area contributed by atoms with E-state index in [4.69, 9.17) is 21.4 Å². The van der Waals surface area contributed by atoms with E-state index in [0.29, 0.717) is 13.0 Å². The zero-order chi connectivity index (χ0) is 19.0. The van der Waals surface area contributed by atoms with Gasteiger partial charge in [-0.2, -0.15) is 0 Å². The van der Waals surface area contributed by atoms with Gasteiger partial charge in [-0.05, 0) is 37.5 Å². The van der Waals surface area contributed by atoms with Gasteiger partial charge in [0.1, 0.15) is 5.75 Å². The van der Waals surface area contributed by atoms with Crippen molar-refractivity contribution >= 4 is 27.5 Å². The molecule has 1 aromatic carbocycles. The molecule has 0 unspecified atom stereocenters. The number of aliphatic hydroxyl groups excluding tert-OH is 1. The topological polar surface area (TPSA) is 105 Å². The van der Waals surface area contributed by atoms with Crippen LogP contribution in [0.1, 0.15) is 38.5 Å². The van der Waals surface area contributed by atoms with E-state index >= 15 is 0 Å². The van der Waals surface area contributed by atoms with Gasteiger partial charge in [-0.1, -0.05) is 30.9 Å². The third-order valence-electron chi connectivity index (χ3n) is 4.16. The van der Waals surface area contributed by atoms with E-state index in [1.54, 1.807) is 0 Å². The van der Waals surface area contributed by atoms with E-state index in [9.17, 15) is 13.2 Å². The Bertz CT molecular complexity index is 705. The molecule has 0 saturated heterocycles. The summed E-state index contributed by atoms with van der Waals surface area (Å²) in [4.78, 5) is 11.7. The molecule has 2 rings (SSSR count). The van der Waals surface area contributed by atoms with Gasteiger partial charge in [0.2, 0.25) is 10.0 Å². The van der Waals surface area contributed by atoms with Crippen LogP contribution in [0.5, 0.6) is 5.75 Å². The van der Waals surface area contributed by atoms with Crippen molar-refractivity contribution in [2.75, 3.05) is 19.8 Å². The summed E-state index contributed by atoms with van der Waals surface area (Å²) in [6, 6.07) is 4.15. The molecule has 0 radical (unpaired) electrons. The molecular formula is C17H25ClN2O5S. The van der Waals surface area contributed by atoms with Crippen LogP contribution >= 0.6 is 11.6 Å². The number of carbonyl (C=O) groups excluding carboxylic acids is 1. The first kappa shape index (κ1) is 21.0. The predicted octanol–water partition coefficient (Wildman–Crippen LogP) is 1.83. The number of aliphatic hydroxyl groups is 1. The largest absolute Gasteiger partial charge is 0.482 e. The molecule has 0 aromatic heterocycles. The Hall–Kier alpha value is -1.35. The lowest BCUT2D eigenvalue weighted by Gasteiger charge is -2.22. The Labute approximate surface area is 159 Å². The van der Waals surface area contributed by atoms with Gasteiger partial charge >= 0.3 is 0 Å². The summed E-state index contributed by atoms with van der Waals surface area (Å²) in [6.07, 6.45) is 5.36. The SMILES string of the molecule is O=C(COc1ccc(S(=O)(=O)NC2CCCCC2)cc1Cl)NCCCO. The molecule has 26 heavy (non-hydrogen) atoms. The molecule has 1 aliphatic carbocycles. The molecule has 7 nitrogen and oxygen atoms in total.